The smallest absolute Gasteiger partial charge is 0.218 e. The summed E-state index contributed by atoms with van der Waals surface area (Å²) < 4.78 is 5.00. The Labute approximate surface area is 83.2 Å². The predicted molar refractivity (Wildman–Crippen MR) is 53.5 cm³/mol. The topological polar surface area (TPSA) is 67.3 Å². The van der Waals surface area contributed by atoms with Crippen molar-refractivity contribution >= 4 is 5.82 Å². The van der Waals surface area contributed by atoms with Crippen molar-refractivity contribution in [1.29, 1.82) is 0 Å². The van der Waals surface area contributed by atoms with E-state index in [9.17, 15) is 0 Å². The average Bonchev–Trinajstić information content (AvgIpc) is 2.16. The molecule has 0 aliphatic carbocycles. The fourth-order valence-corrected chi connectivity index (χ4v) is 1.02. The lowest BCUT2D eigenvalue weighted by atomic mass is 10.3. The molecule has 0 aliphatic heterocycles. The van der Waals surface area contributed by atoms with Crippen LogP contribution in [0.25, 0.3) is 0 Å². The lowest BCUT2D eigenvalue weighted by Gasteiger charge is -2.12. The molecular weight excluding hydrogens is 182 g/mol. The summed E-state index contributed by atoms with van der Waals surface area (Å²) in [5.41, 5.74) is 0. The minimum atomic E-state index is -0.0333. The molecule has 0 radical (unpaired) electrons. The number of anilines is 1. The van der Waals surface area contributed by atoms with E-state index in [-0.39, 0.29) is 12.6 Å². The quantitative estimate of drug-likeness (QED) is 0.739. The first-order valence-corrected chi connectivity index (χ1v) is 4.42. The standard InChI is InChI=1S/C9H15N3O2/c1-6(5-13)10-8-4-9(14-3)12-7(2)11-8/h4,6,13H,5H2,1-3H3,(H,10,11,12). The van der Waals surface area contributed by atoms with Crippen LogP contribution in [-0.2, 0) is 0 Å². The maximum atomic E-state index is 8.85. The largest absolute Gasteiger partial charge is 0.481 e. The van der Waals surface area contributed by atoms with Crippen molar-refractivity contribution in [3.05, 3.63) is 11.9 Å². The van der Waals surface area contributed by atoms with Crippen LogP contribution in [0.15, 0.2) is 6.07 Å². The summed E-state index contributed by atoms with van der Waals surface area (Å²) in [5.74, 6) is 1.82. The Morgan fingerprint density at radius 3 is 2.86 bits per heavy atom. The summed E-state index contributed by atoms with van der Waals surface area (Å²) in [5, 5.41) is 11.9. The van der Waals surface area contributed by atoms with Crippen LogP contribution in [0.1, 0.15) is 12.7 Å². The van der Waals surface area contributed by atoms with E-state index in [0.717, 1.165) is 0 Å². The summed E-state index contributed by atoms with van der Waals surface area (Å²) in [6.45, 7) is 3.71. The van der Waals surface area contributed by atoms with E-state index >= 15 is 0 Å². The molecule has 0 saturated carbocycles. The van der Waals surface area contributed by atoms with Gasteiger partial charge in [-0.2, -0.15) is 4.98 Å². The van der Waals surface area contributed by atoms with E-state index in [1.54, 1.807) is 20.1 Å². The van der Waals surface area contributed by atoms with Gasteiger partial charge in [0, 0.05) is 12.1 Å². The molecule has 1 atom stereocenters. The number of aliphatic hydroxyl groups excluding tert-OH is 1. The Morgan fingerprint density at radius 1 is 1.57 bits per heavy atom. The first-order chi connectivity index (χ1) is 6.65. The average molecular weight is 197 g/mol. The van der Waals surface area contributed by atoms with Gasteiger partial charge in [0.2, 0.25) is 5.88 Å². The van der Waals surface area contributed by atoms with Gasteiger partial charge < -0.3 is 15.2 Å². The molecule has 0 spiro atoms. The van der Waals surface area contributed by atoms with Crippen molar-refractivity contribution in [3.8, 4) is 5.88 Å². The van der Waals surface area contributed by atoms with Gasteiger partial charge in [0.1, 0.15) is 11.6 Å². The molecule has 5 heteroatoms. The van der Waals surface area contributed by atoms with E-state index in [4.69, 9.17) is 9.84 Å². The molecule has 0 bridgehead atoms. The number of hydrogen-bond donors (Lipinski definition) is 2. The van der Waals surface area contributed by atoms with Crippen LogP contribution in [0.2, 0.25) is 0 Å². The molecular formula is C9H15N3O2. The Kier molecular flexibility index (Phi) is 3.64. The first kappa shape index (κ1) is 10.7. The van der Waals surface area contributed by atoms with Crippen molar-refractivity contribution in [3.63, 3.8) is 0 Å². The van der Waals surface area contributed by atoms with E-state index < -0.39 is 0 Å². The highest BCUT2D eigenvalue weighted by atomic mass is 16.5. The maximum Gasteiger partial charge on any atom is 0.218 e. The van der Waals surface area contributed by atoms with Gasteiger partial charge in [0.25, 0.3) is 0 Å². The molecule has 0 aliphatic rings. The Bertz CT molecular complexity index is 304. The number of aromatic nitrogens is 2. The fourth-order valence-electron chi connectivity index (χ4n) is 1.02. The zero-order chi connectivity index (χ0) is 10.6. The normalized spacial score (nSPS) is 12.3. The zero-order valence-corrected chi connectivity index (χ0v) is 8.61. The molecule has 1 rings (SSSR count). The van der Waals surface area contributed by atoms with E-state index in [0.29, 0.717) is 17.5 Å². The zero-order valence-electron chi connectivity index (χ0n) is 8.61. The number of ether oxygens (including phenoxy) is 1. The first-order valence-electron chi connectivity index (χ1n) is 4.42. The summed E-state index contributed by atoms with van der Waals surface area (Å²) in [7, 11) is 1.56. The van der Waals surface area contributed by atoms with Gasteiger partial charge in [-0.05, 0) is 13.8 Å². The molecule has 0 fully saturated rings. The van der Waals surface area contributed by atoms with Crippen LogP contribution in [0.4, 0.5) is 5.82 Å². The monoisotopic (exact) mass is 197 g/mol. The highest BCUT2D eigenvalue weighted by Gasteiger charge is 2.04. The lowest BCUT2D eigenvalue weighted by molar-refractivity contribution is 0.281. The Morgan fingerprint density at radius 2 is 2.29 bits per heavy atom. The Hall–Kier alpha value is -1.36. The summed E-state index contributed by atoms with van der Waals surface area (Å²) in [6, 6.07) is 1.66. The van der Waals surface area contributed by atoms with Crippen molar-refractivity contribution in [2.75, 3.05) is 19.0 Å². The number of hydrogen-bond acceptors (Lipinski definition) is 5. The second-order valence-corrected chi connectivity index (χ2v) is 3.07. The van der Waals surface area contributed by atoms with Gasteiger partial charge in [0.05, 0.1) is 13.7 Å². The third kappa shape index (κ3) is 2.85. The number of methoxy groups -OCH3 is 1. The van der Waals surface area contributed by atoms with Crippen molar-refractivity contribution in [2.24, 2.45) is 0 Å². The Balaban J connectivity index is 2.81. The van der Waals surface area contributed by atoms with Crippen LogP contribution in [0, 0.1) is 6.92 Å². The molecule has 1 heterocycles. The molecule has 5 nitrogen and oxygen atoms in total. The second-order valence-electron chi connectivity index (χ2n) is 3.07. The SMILES string of the molecule is COc1cc(NC(C)CO)nc(C)n1. The number of aryl methyl sites for hydroxylation is 1. The predicted octanol–water partition coefficient (Wildman–Crippen LogP) is 0.586. The van der Waals surface area contributed by atoms with Crippen LogP contribution in [0.3, 0.4) is 0 Å². The number of rotatable bonds is 4. The molecule has 2 N–H and O–H groups in total. The van der Waals surface area contributed by atoms with Gasteiger partial charge >= 0.3 is 0 Å². The lowest BCUT2D eigenvalue weighted by Crippen LogP contribution is -2.20. The number of nitrogens with one attached hydrogen (secondary N) is 1. The number of nitrogens with zero attached hydrogens (tertiary/aromatic N) is 2. The van der Waals surface area contributed by atoms with E-state index in [1.165, 1.54) is 0 Å². The molecule has 14 heavy (non-hydrogen) atoms. The second kappa shape index (κ2) is 4.76. The number of aliphatic hydroxyl groups is 1. The van der Waals surface area contributed by atoms with Crippen molar-refractivity contribution in [1.82, 2.24) is 9.97 Å². The van der Waals surface area contributed by atoms with Gasteiger partial charge in [-0.3, -0.25) is 0 Å². The van der Waals surface area contributed by atoms with Gasteiger partial charge in [-0.25, -0.2) is 4.98 Å². The van der Waals surface area contributed by atoms with Gasteiger partial charge in [-0.1, -0.05) is 0 Å². The third-order valence-electron chi connectivity index (χ3n) is 1.69. The third-order valence-corrected chi connectivity index (χ3v) is 1.69. The molecule has 0 saturated heterocycles. The molecule has 78 valence electrons. The molecule has 1 aromatic heterocycles. The fraction of sp³-hybridized carbons (Fsp3) is 0.556. The molecule has 0 amide bonds. The summed E-state index contributed by atoms with van der Waals surface area (Å²) in [6.07, 6.45) is 0. The van der Waals surface area contributed by atoms with Crippen LogP contribution in [0.5, 0.6) is 5.88 Å². The van der Waals surface area contributed by atoms with Crippen LogP contribution < -0.4 is 10.1 Å². The molecule has 1 unspecified atom stereocenters. The van der Waals surface area contributed by atoms with Crippen LogP contribution in [-0.4, -0.2) is 34.8 Å². The summed E-state index contributed by atoms with van der Waals surface area (Å²) in [4.78, 5) is 8.21. The van der Waals surface area contributed by atoms with E-state index in [2.05, 4.69) is 15.3 Å². The van der Waals surface area contributed by atoms with Crippen molar-refractivity contribution < 1.29 is 9.84 Å². The summed E-state index contributed by atoms with van der Waals surface area (Å²) >= 11 is 0. The molecule has 0 aromatic carbocycles. The highest BCUT2D eigenvalue weighted by molar-refractivity contribution is 5.39. The van der Waals surface area contributed by atoms with Crippen LogP contribution >= 0.6 is 0 Å². The maximum absolute atomic E-state index is 8.85. The minimum absolute atomic E-state index is 0.0333. The van der Waals surface area contributed by atoms with Gasteiger partial charge in [0.15, 0.2) is 0 Å². The molecule has 1 aromatic rings. The minimum Gasteiger partial charge on any atom is -0.481 e. The highest BCUT2D eigenvalue weighted by Crippen LogP contribution is 2.13. The van der Waals surface area contributed by atoms with Gasteiger partial charge in [-0.15, -0.1) is 0 Å². The van der Waals surface area contributed by atoms with E-state index in [1.807, 2.05) is 6.92 Å². The van der Waals surface area contributed by atoms with Crippen molar-refractivity contribution in [2.45, 2.75) is 19.9 Å².